The van der Waals surface area contributed by atoms with Gasteiger partial charge in [-0.2, -0.15) is 0 Å². The van der Waals surface area contributed by atoms with E-state index < -0.39 is 0 Å². The lowest BCUT2D eigenvalue weighted by atomic mass is 10.1. The first-order chi connectivity index (χ1) is 7.31. The van der Waals surface area contributed by atoms with Gasteiger partial charge in [0.05, 0.1) is 0 Å². The lowest BCUT2D eigenvalue weighted by Gasteiger charge is -2.03. The summed E-state index contributed by atoms with van der Waals surface area (Å²) in [7, 11) is 0.990. The molecule has 0 N–H and O–H groups in total. The number of aliphatic imine (C=N–C) groups is 1. The van der Waals surface area contributed by atoms with Crippen molar-refractivity contribution in [1.29, 1.82) is 0 Å². The van der Waals surface area contributed by atoms with Crippen molar-refractivity contribution < 1.29 is 4.79 Å². The highest BCUT2D eigenvalue weighted by molar-refractivity contribution is 6.12. The van der Waals surface area contributed by atoms with Crippen LogP contribution in [0.4, 0.5) is 0 Å². The molecule has 15 heavy (non-hydrogen) atoms. The second-order valence-corrected chi connectivity index (χ2v) is 5.67. The summed E-state index contributed by atoms with van der Waals surface area (Å²) in [6.45, 7) is 2.25. The maximum Gasteiger partial charge on any atom is 0.234 e. The van der Waals surface area contributed by atoms with Gasteiger partial charge in [0.2, 0.25) is 6.08 Å². The van der Waals surface area contributed by atoms with Gasteiger partial charge >= 0.3 is 0 Å². The lowest BCUT2D eigenvalue weighted by Crippen LogP contribution is -2.02. The van der Waals surface area contributed by atoms with Crippen LogP contribution in [0.1, 0.15) is 64.7 Å². The predicted molar refractivity (Wildman–Crippen MR) is 69.1 cm³/mol. The molecular formula is C12H25NOSi. The summed E-state index contributed by atoms with van der Waals surface area (Å²) < 4.78 is 0. The molecule has 0 aliphatic heterocycles. The smallest absolute Gasteiger partial charge is 0.211 e. The Labute approximate surface area is 97.0 Å². The Morgan fingerprint density at radius 2 is 1.60 bits per heavy atom. The van der Waals surface area contributed by atoms with E-state index in [0.29, 0.717) is 5.67 Å². The average Bonchev–Trinajstić information content (AvgIpc) is 2.22. The van der Waals surface area contributed by atoms with Crippen molar-refractivity contribution in [1.82, 2.24) is 0 Å². The minimum Gasteiger partial charge on any atom is -0.211 e. The van der Waals surface area contributed by atoms with Crippen molar-refractivity contribution in [2.24, 2.45) is 4.99 Å². The molecule has 0 saturated carbocycles. The molecule has 0 aromatic carbocycles. The molecule has 0 aliphatic carbocycles. The second-order valence-electron chi connectivity index (χ2n) is 4.33. The summed E-state index contributed by atoms with van der Waals surface area (Å²) in [5.74, 6) is 0. The van der Waals surface area contributed by atoms with Crippen molar-refractivity contribution in [2.45, 2.75) is 70.4 Å². The normalized spacial score (nSPS) is 12.3. The van der Waals surface area contributed by atoms with Gasteiger partial charge in [-0.3, -0.25) is 0 Å². The number of rotatable bonds is 10. The largest absolute Gasteiger partial charge is 0.234 e. The summed E-state index contributed by atoms with van der Waals surface area (Å²) in [6, 6.07) is 0. The molecule has 0 bridgehead atoms. The van der Waals surface area contributed by atoms with Crippen LogP contribution in [-0.2, 0) is 4.79 Å². The van der Waals surface area contributed by atoms with Gasteiger partial charge in [0, 0.05) is 15.9 Å². The minimum atomic E-state index is 0.308. The van der Waals surface area contributed by atoms with Gasteiger partial charge in [0.25, 0.3) is 0 Å². The Morgan fingerprint density at radius 3 is 2.13 bits per heavy atom. The number of isocyanates is 1. The molecule has 1 atom stereocenters. The molecule has 0 amide bonds. The van der Waals surface area contributed by atoms with Gasteiger partial charge in [-0.1, -0.05) is 58.3 Å². The fourth-order valence-corrected chi connectivity index (χ4v) is 2.24. The van der Waals surface area contributed by atoms with Gasteiger partial charge in [-0.25, -0.2) is 9.79 Å². The van der Waals surface area contributed by atoms with E-state index in [4.69, 9.17) is 0 Å². The molecule has 0 aromatic heterocycles. The Kier molecular flexibility index (Phi) is 11.4. The maximum absolute atomic E-state index is 9.98. The van der Waals surface area contributed by atoms with Crippen LogP contribution < -0.4 is 0 Å². The van der Waals surface area contributed by atoms with E-state index >= 15 is 0 Å². The highest BCUT2D eigenvalue weighted by Crippen LogP contribution is 2.10. The molecule has 0 rings (SSSR count). The minimum absolute atomic E-state index is 0.308. The summed E-state index contributed by atoms with van der Waals surface area (Å²) in [5, 5.41) is 0. The number of nitrogens with zero attached hydrogens (tertiary/aromatic N) is 1. The Hall–Kier alpha value is -0.403. The fraction of sp³-hybridized carbons (Fsp3) is 0.917. The van der Waals surface area contributed by atoms with Crippen LogP contribution in [-0.4, -0.2) is 22.0 Å². The van der Waals surface area contributed by atoms with Crippen LogP contribution in [0, 0.1) is 0 Å². The lowest BCUT2D eigenvalue weighted by molar-refractivity contribution is 0.550. The van der Waals surface area contributed by atoms with E-state index in [1.54, 1.807) is 6.08 Å². The number of carbonyl (C=O) groups excluding carboxylic acids is 1. The second kappa shape index (κ2) is 11.7. The molecule has 2 nitrogen and oxygen atoms in total. The summed E-state index contributed by atoms with van der Waals surface area (Å²) >= 11 is 0. The summed E-state index contributed by atoms with van der Waals surface area (Å²) in [6.07, 6.45) is 13.5. The van der Waals surface area contributed by atoms with Crippen molar-refractivity contribution in [2.75, 3.05) is 0 Å². The van der Waals surface area contributed by atoms with E-state index in [1.165, 1.54) is 51.4 Å². The topological polar surface area (TPSA) is 29.4 Å². The molecule has 1 unspecified atom stereocenters. The van der Waals surface area contributed by atoms with Crippen LogP contribution in [0.3, 0.4) is 0 Å². The van der Waals surface area contributed by atoms with Crippen LogP contribution in [0.25, 0.3) is 0 Å². The van der Waals surface area contributed by atoms with Gasteiger partial charge < -0.3 is 0 Å². The first kappa shape index (κ1) is 14.6. The summed E-state index contributed by atoms with van der Waals surface area (Å²) in [4.78, 5) is 13.7. The fourth-order valence-electron chi connectivity index (χ4n) is 1.73. The molecular weight excluding hydrogens is 202 g/mol. The Morgan fingerprint density at radius 1 is 1.07 bits per heavy atom. The van der Waals surface area contributed by atoms with E-state index in [-0.39, 0.29) is 0 Å². The van der Waals surface area contributed by atoms with Gasteiger partial charge in [0.1, 0.15) is 0 Å². The molecule has 0 aliphatic rings. The third-order valence-electron chi connectivity index (χ3n) is 2.75. The van der Waals surface area contributed by atoms with E-state index in [9.17, 15) is 4.79 Å². The molecule has 0 fully saturated rings. The van der Waals surface area contributed by atoms with Crippen molar-refractivity contribution >= 4 is 16.3 Å². The quantitative estimate of drug-likeness (QED) is 0.244. The molecule has 0 saturated heterocycles. The SMILES string of the molecule is CCCCCCCCCCC([SiH3])N=C=O. The zero-order valence-corrected chi connectivity index (χ0v) is 12.3. The standard InChI is InChI=1S/C12H25NOSi/c1-2-3-4-5-6-7-8-9-10-12(15)13-11-14/h12H,2-10H2,1,15H3. The highest BCUT2D eigenvalue weighted by Gasteiger charge is 1.98. The zero-order chi connectivity index (χ0) is 11.4. The zero-order valence-electron chi connectivity index (χ0n) is 10.3. The van der Waals surface area contributed by atoms with Crippen LogP contribution in [0.15, 0.2) is 4.99 Å². The number of hydrogen-bond acceptors (Lipinski definition) is 2. The van der Waals surface area contributed by atoms with Crippen LogP contribution >= 0.6 is 0 Å². The number of unbranched alkanes of at least 4 members (excludes halogenated alkanes) is 7. The monoisotopic (exact) mass is 227 g/mol. The molecule has 3 heteroatoms. The third-order valence-corrected chi connectivity index (χ3v) is 3.58. The summed E-state index contributed by atoms with van der Waals surface area (Å²) in [5.41, 5.74) is 0.308. The van der Waals surface area contributed by atoms with Crippen molar-refractivity contribution in [3.05, 3.63) is 0 Å². The van der Waals surface area contributed by atoms with Gasteiger partial charge in [-0.15, -0.1) is 0 Å². The predicted octanol–water partition coefficient (Wildman–Crippen LogP) is 2.54. The van der Waals surface area contributed by atoms with Gasteiger partial charge in [0.15, 0.2) is 0 Å². The number of hydrogen-bond donors (Lipinski definition) is 0. The Balaban J connectivity index is 3.07. The molecule has 88 valence electrons. The molecule has 0 radical (unpaired) electrons. The van der Waals surface area contributed by atoms with Crippen molar-refractivity contribution in [3.8, 4) is 0 Å². The van der Waals surface area contributed by atoms with E-state index in [1.807, 2.05) is 0 Å². The first-order valence-electron chi connectivity index (χ1n) is 6.38. The third kappa shape index (κ3) is 11.5. The van der Waals surface area contributed by atoms with Gasteiger partial charge in [-0.05, 0) is 6.42 Å². The molecule has 0 aromatic rings. The van der Waals surface area contributed by atoms with E-state index in [2.05, 4.69) is 11.9 Å². The Bertz CT molecular complexity index is 178. The highest BCUT2D eigenvalue weighted by atomic mass is 28.1. The maximum atomic E-state index is 9.98. The molecule has 0 spiro atoms. The van der Waals surface area contributed by atoms with Crippen LogP contribution in [0.5, 0.6) is 0 Å². The van der Waals surface area contributed by atoms with Crippen molar-refractivity contribution in [3.63, 3.8) is 0 Å². The van der Waals surface area contributed by atoms with Crippen LogP contribution in [0.2, 0.25) is 0 Å². The molecule has 0 heterocycles. The average molecular weight is 227 g/mol. The first-order valence-corrected chi connectivity index (χ1v) is 7.53. The van der Waals surface area contributed by atoms with E-state index in [0.717, 1.165) is 16.7 Å².